The summed E-state index contributed by atoms with van der Waals surface area (Å²) in [4.78, 5) is 12.4. The number of nitrogens with zero attached hydrogens (tertiary/aromatic N) is 1. The van der Waals surface area contributed by atoms with Crippen molar-refractivity contribution < 1.29 is 4.79 Å². The SMILES string of the molecule is Cc1ccc(Cl)cc1NC(=O)/C(C#N)=C\NC1CC(C)(C)NC(C)(C)C1. The van der Waals surface area contributed by atoms with E-state index in [4.69, 9.17) is 11.6 Å². The lowest BCUT2D eigenvalue weighted by Crippen LogP contribution is -2.61. The topological polar surface area (TPSA) is 77.0 Å². The molecule has 0 unspecified atom stereocenters. The molecule has 26 heavy (non-hydrogen) atoms. The third-order valence-electron chi connectivity index (χ3n) is 4.47. The van der Waals surface area contributed by atoms with Gasteiger partial charge in [-0.2, -0.15) is 5.26 Å². The Hall–Kier alpha value is -2.03. The maximum Gasteiger partial charge on any atom is 0.267 e. The van der Waals surface area contributed by atoms with Crippen molar-refractivity contribution in [3.8, 4) is 6.07 Å². The number of nitrogens with one attached hydrogen (secondary N) is 3. The minimum atomic E-state index is -0.446. The molecular formula is C20H27ClN4O. The van der Waals surface area contributed by atoms with Crippen LogP contribution in [0.25, 0.3) is 0 Å². The fourth-order valence-corrected chi connectivity index (χ4v) is 3.88. The fraction of sp³-hybridized carbons (Fsp3) is 0.500. The maximum atomic E-state index is 12.4. The van der Waals surface area contributed by atoms with E-state index in [0.717, 1.165) is 18.4 Å². The molecule has 6 heteroatoms. The Morgan fingerprint density at radius 3 is 2.50 bits per heavy atom. The zero-order chi connectivity index (χ0) is 19.5. The van der Waals surface area contributed by atoms with E-state index in [1.165, 1.54) is 6.20 Å². The summed E-state index contributed by atoms with van der Waals surface area (Å²) >= 11 is 5.98. The summed E-state index contributed by atoms with van der Waals surface area (Å²) in [6.07, 6.45) is 3.33. The molecule has 1 aromatic carbocycles. The van der Waals surface area contributed by atoms with Gasteiger partial charge in [0.15, 0.2) is 0 Å². The molecular weight excluding hydrogens is 348 g/mol. The second-order valence-electron chi connectivity index (χ2n) is 8.25. The lowest BCUT2D eigenvalue weighted by atomic mass is 9.80. The zero-order valence-corrected chi connectivity index (χ0v) is 16.8. The summed E-state index contributed by atoms with van der Waals surface area (Å²) in [7, 11) is 0. The molecule has 1 heterocycles. The first kappa shape index (κ1) is 20.3. The van der Waals surface area contributed by atoms with E-state index in [0.29, 0.717) is 10.7 Å². The predicted octanol–water partition coefficient (Wildman–Crippen LogP) is 3.89. The molecule has 1 aliphatic rings. The van der Waals surface area contributed by atoms with Gasteiger partial charge in [-0.3, -0.25) is 4.79 Å². The highest BCUT2D eigenvalue weighted by Crippen LogP contribution is 2.28. The number of halogens is 1. The Bertz CT molecular complexity index is 746. The van der Waals surface area contributed by atoms with Crippen LogP contribution in [0.5, 0.6) is 0 Å². The van der Waals surface area contributed by atoms with E-state index in [1.54, 1.807) is 12.1 Å². The molecule has 140 valence electrons. The van der Waals surface area contributed by atoms with Gasteiger partial charge in [0.2, 0.25) is 0 Å². The number of carbonyl (C=O) groups is 1. The van der Waals surface area contributed by atoms with Crippen molar-refractivity contribution >= 4 is 23.2 Å². The van der Waals surface area contributed by atoms with Gasteiger partial charge >= 0.3 is 0 Å². The molecule has 0 saturated carbocycles. The first-order valence-electron chi connectivity index (χ1n) is 8.74. The van der Waals surface area contributed by atoms with Crippen LogP contribution in [0.4, 0.5) is 5.69 Å². The quantitative estimate of drug-likeness (QED) is 0.552. The highest BCUT2D eigenvalue weighted by molar-refractivity contribution is 6.31. The van der Waals surface area contributed by atoms with Crippen molar-refractivity contribution in [2.24, 2.45) is 0 Å². The Balaban J connectivity index is 2.09. The standard InChI is InChI=1S/C20H27ClN4O/c1-13-6-7-15(21)8-17(13)24-18(26)14(11-22)12-23-16-9-19(2,3)25-20(4,5)10-16/h6-8,12,16,23,25H,9-10H2,1-5H3,(H,24,26)/b14-12-. The molecule has 1 aromatic rings. The number of aryl methyl sites for hydroxylation is 1. The fourth-order valence-electron chi connectivity index (χ4n) is 3.71. The van der Waals surface area contributed by atoms with Gasteiger partial charge in [-0.1, -0.05) is 17.7 Å². The molecule has 0 spiro atoms. The van der Waals surface area contributed by atoms with Crippen molar-refractivity contribution in [3.05, 3.63) is 40.6 Å². The zero-order valence-electron chi connectivity index (χ0n) is 16.0. The highest BCUT2D eigenvalue weighted by Gasteiger charge is 2.37. The van der Waals surface area contributed by atoms with Crippen molar-refractivity contribution in [1.82, 2.24) is 10.6 Å². The van der Waals surface area contributed by atoms with E-state index < -0.39 is 5.91 Å². The number of carbonyl (C=O) groups excluding carboxylic acids is 1. The normalized spacial score (nSPS) is 19.5. The Labute approximate surface area is 160 Å². The first-order valence-corrected chi connectivity index (χ1v) is 9.12. The highest BCUT2D eigenvalue weighted by atomic mass is 35.5. The van der Waals surface area contributed by atoms with Crippen molar-refractivity contribution in [2.75, 3.05) is 5.32 Å². The van der Waals surface area contributed by atoms with Gasteiger partial charge in [-0.25, -0.2) is 0 Å². The van der Waals surface area contributed by atoms with Gasteiger partial charge in [0.1, 0.15) is 11.6 Å². The van der Waals surface area contributed by atoms with Crippen LogP contribution < -0.4 is 16.0 Å². The third-order valence-corrected chi connectivity index (χ3v) is 4.70. The van der Waals surface area contributed by atoms with Gasteiger partial charge < -0.3 is 16.0 Å². The number of benzene rings is 1. The van der Waals surface area contributed by atoms with Crippen LogP contribution in [0.1, 0.15) is 46.1 Å². The number of amides is 1. The summed E-state index contributed by atoms with van der Waals surface area (Å²) in [6, 6.07) is 7.42. The molecule has 0 radical (unpaired) electrons. The summed E-state index contributed by atoms with van der Waals surface area (Å²) < 4.78 is 0. The number of piperidine rings is 1. The molecule has 3 N–H and O–H groups in total. The van der Waals surface area contributed by atoms with Crippen molar-refractivity contribution in [2.45, 2.75) is 64.6 Å². The molecule has 5 nitrogen and oxygen atoms in total. The Morgan fingerprint density at radius 2 is 1.92 bits per heavy atom. The minimum absolute atomic E-state index is 0.0137. The van der Waals surface area contributed by atoms with Crippen LogP contribution in [-0.2, 0) is 4.79 Å². The van der Waals surface area contributed by atoms with Crippen LogP contribution in [0.15, 0.2) is 30.0 Å². The number of rotatable bonds is 4. The third kappa shape index (κ3) is 5.48. The average Bonchev–Trinajstić information content (AvgIpc) is 2.48. The van der Waals surface area contributed by atoms with Gasteiger partial charge in [0.25, 0.3) is 5.91 Å². The van der Waals surface area contributed by atoms with Gasteiger partial charge in [-0.15, -0.1) is 0 Å². The van der Waals surface area contributed by atoms with E-state index in [-0.39, 0.29) is 22.7 Å². The monoisotopic (exact) mass is 374 g/mol. The molecule has 2 rings (SSSR count). The van der Waals surface area contributed by atoms with Crippen LogP contribution in [0.2, 0.25) is 5.02 Å². The summed E-state index contributed by atoms with van der Waals surface area (Å²) in [5.41, 5.74) is 1.50. The van der Waals surface area contributed by atoms with Crippen molar-refractivity contribution in [1.29, 1.82) is 5.26 Å². The largest absolute Gasteiger partial charge is 0.387 e. The minimum Gasteiger partial charge on any atom is -0.387 e. The van der Waals surface area contributed by atoms with E-state index >= 15 is 0 Å². The Kier molecular flexibility index (Phi) is 6.00. The summed E-state index contributed by atoms with van der Waals surface area (Å²) in [5, 5.41) is 19.5. The molecule has 1 saturated heterocycles. The van der Waals surface area contributed by atoms with Gasteiger partial charge in [0.05, 0.1) is 0 Å². The van der Waals surface area contributed by atoms with Gasteiger partial charge in [0, 0.05) is 34.0 Å². The number of hydrogen-bond acceptors (Lipinski definition) is 4. The molecule has 0 aliphatic carbocycles. The maximum absolute atomic E-state index is 12.4. The smallest absolute Gasteiger partial charge is 0.267 e. The molecule has 0 bridgehead atoms. The molecule has 0 atom stereocenters. The molecule has 1 amide bonds. The van der Waals surface area contributed by atoms with Crippen LogP contribution >= 0.6 is 11.6 Å². The first-order chi connectivity index (χ1) is 12.0. The lowest BCUT2D eigenvalue weighted by Gasteiger charge is -2.46. The average molecular weight is 375 g/mol. The number of hydrogen-bond donors (Lipinski definition) is 3. The predicted molar refractivity (Wildman–Crippen MR) is 106 cm³/mol. The number of anilines is 1. The molecule has 1 aliphatic heterocycles. The second kappa shape index (κ2) is 7.69. The molecule has 1 fully saturated rings. The van der Waals surface area contributed by atoms with Crippen LogP contribution in [-0.4, -0.2) is 23.0 Å². The van der Waals surface area contributed by atoms with Crippen molar-refractivity contribution in [3.63, 3.8) is 0 Å². The molecule has 0 aromatic heterocycles. The number of nitriles is 1. The Morgan fingerprint density at radius 1 is 1.31 bits per heavy atom. The van der Waals surface area contributed by atoms with Crippen LogP contribution in [0.3, 0.4) is 0 Å². The van der Waals surface area contributed by atoms with Crippen LogP contribution in [0, 0.1) is 18.3 Å². The van der Waals surface area contributed by atoms with Gasteiger partial charge in [-0.05, 0) is 65.2 Å². The van der Waals surface area contributed by atoms with E-state index in [2.05, 4.69) is 43.6 Å². The van der Waals surface area contributed by atoms with E-state index in [1.807, 2.05) is 19.1 Å². The lowest BCUT2D eigenvalue weighted by molar-refractivity contribution is -0.112. The summed E-state index contributed by atoms with van der Waals surface area (Å²) in [5.74, 6) is -0.446. The summed E-state index contributed by atoms with van der Waals surface area (Å²) in [6.45, 7) is 10.5. The second-order valence-corrected chi connectivity index (χ2v) is 8.68. The van der Waals surface area contributed by atoms with E-state index in [9.17, 15) is 10.1 Å².